The zero-order chi connectivity index (χ0) is 13.0. The molecule has 3 heteroatoms. The first-order valence-corrected chi connectivity index (χ1v) is 7.17. The largest absolute Gasteiger partial charge is 0.269 e. The molecule has 1 heterocycles. The zero-order valence-corrected chi connectivity index (χ0v) is 12.5. The Morgan fingerprint density at radius 2 is 1.82 bits per heavy atom. The van der Waals surface area contributed by atoms with E-state index in [1.807, 2.05) is 6.92 Å². The van der Waals surface area contributed by atoms with Crippen molar-refractivity contribution in [2.45, 2.75) is 65.8 Å². The molecule has 1 atom stereocenters. The number of hydrogen-bond acceptors (Lipinski definition) is 1. The van der Waals surface area contributed by atoms with Gasteiger partial charge in [-0.05, 0) is 32.1 Å². The second-order valence-electron chi connectivity index (χ2n) is 5.04. The van der Waals surface area contributed by atoms with Crippen molar-refractivity contribution >= 4 is 11.6 Å². The highest BCUT2D eigenvalue weighted by atomic mass is 35.5. The molecule has 98 valence electrons. The van der Waals surface area contributed by atoms with E-state index < -0.39 is 0 Å². The van der Waals surface area contributed by atoms with Crippen LogP contribution in [0.2, 0.25) is 0 Å². The number of aryl methyl sites for hydroxylation is 2. The van der Waals surface area contributed by atoms with Crippen molar-refractivity contribution in [2.24, 2.45) is 5.92 Å². The first-order chi connectivity index (χ1) is 8.01. The highest BCUT2D eigenvalue weighted by Gasteiger charge is 2.18. The summed E-state index contributed by atoms with van der Waals surface area (Å²) in [4.78, 5) is 0. The summed E-state index contributed by atoms with van der Waals surface area (Å²) < 4.78 is 2.17. The Morgan fingerprint density at radius 1 is 1.18 bits per heavy atom. The zero-order valence-electron chi connectivity index (χ0n) is 11.8. The van der Waals surface area contributed by atoms with Crippen LogP contribution in [0.1, 0.15) is 63.4 Å². The van der Waals surface area contributed by atoms with Gasteiger partial charge in [-0.3, -0.25) is 4.68 Å². The molecule has 0 aliphatic heterocycles. The molecule has 0 spiro atoms. The van der Waals surface area contributed by atoms with Crippen LogP contribution in [0.5, 0.6) is 0 Å². The Kier molecular flexibility index (Phi) is 5.51. The first kappa shape index (κ1) is 14.6. The van der Waals surface area contributed by atoms with Crippen molar-refractivity contribution < 1.29 is 0 Å². The Labute approximate surface area is 110 Å². The van der Waals surface area contributed by atoms with Crippen LogP contribution in [0.4, 0.5) is 0 Å². The van der Waals surface area contributed by atoms with E-state index >= 15 is 0 Å². The minimum absolute atomic E-state index is 0.0627. The number of hydrogen-bond donors (Lipinski definition) is 0. The molecule has 0 saturated carbocycles. The lowest BCUT2D eigenvalue weighted by atomic mass is 10.1. The fourth-order valence-corrected chi connectivity index (χ4v) is 2.48. The standard InChI is InChI=1S/C14H25ClN2/c1-6-12-14(11(5)15)13(7-2)17(16-12)9-8-10(3)4/h10-11H,6-9H2,1-5H3. The van der Waals surface area contributed by atoms with E-state index in [4.69, 9.17) is 16.7 Å². The van der Waals surface area contributed by atoms with Crippen LogP contribution in [0.15, 0.2) is 0 Å². The van der Waals surface area contributed by atoms with E-state index in [1.54, 1.807) is 0 Å². The molecule has 1 aromatic heterocycles. The maximum atomic E-state index is 6.29. The van der Waals surface area contributed by atoms with Crippen molar-refractivity contribution in [3.8, 4) is 0 Å². The predicted octanol–water partition coefficient (Wildman–Crippen LogP) is 4.35. The SMILES string of the molecule is CCc1nn(CCC(C)C)c(CC)c1C(C)Cl. The number of rotatable bonds is 6. The van der Waals surface area contributed by atoms with Crippen molar-refractivity contribution in [1.29, 1.82) is 0 Å². The van der Waals surface area contributed by atoms with Crippen LogP contribution < -0.4 is 0 Å². The van der Waals surface area contributed by atoms with Crippen LogP contribution in [-0.2, 0) is 19.4 Å². The van der Waals surface area contributed by atoms with Gasteiger partial charge in [0.15, 0.2) is 0 Å². The molecule has 1 aromatic rings. The van der Waals surface area contributed by atoms with Crippen LogP contribution in [0, 0.1) is 5.92 Å². The molecule has 0 aromatic carbocycles. The van der Waals surface area contributed by atoms with Gasteiger partial charge in [0.05, 0.1) is 11.1 Å². The first-order valence-electron chi connectivity index (χ1n) is 6.73. The highest BCUT2D eigenvalue weighted by Crippen LogP contribution is 2.28. The molecule has 0 aliphatic rings. The minimum atomic E-state index is 0.0627. The molecule has 0 amide bonds. The van der Waals surface area contributed by atoms with Crippen LogP contribution in [0.3, 0.4) is 0 Å². The van der Waals surface area contributed by atoms with Gasteiger partial charge < -0.3 is 0 Å². The van der Waals surface area contributed by atoms with Gasteiger partial charge in [0.2, 0.25) is 0 Å². The van der Waals surface area contributed by atoms with Crippen LogP contribution >= 0.6 is 11.6 Å². The average molecular weight is 257 g/mol. The summed E-state index contributed by atoms with van der Waals surface area (Å²) in [6.07, 6.45) is 3.15. The summed E-state index contributed by atoms with van der Waals surface area (Å²) in [6, 6.07) is 0. The molecule has 0 saturated heterocycles. The third-order valence-electron chi connectivity index (χ3n) is 3.16. The molecular weight excluding hydrogens is 232 g/mol. The maximum Gasteiger partial charge on any atom is 0.0671 e. The molecule has 1 rings (SSSR count). The van der Waals surface area contributed by atoms with E-state index in [1.165, 1.54) is 23.4 Å². The predicted molar refractivity (Wildman–Crippen MR) is 74.7 cm³/mol. The van der Waals surface area contributed by atoms with Gasteiger partial charge in [-0.25, -0.2) is 0 Å². The lowest BCUT2D eigenvalue weighted by Gasteiger charge is -2.10. The Morgan fingerprint density at radius 3 is 2.24 bits per heavy atom. The molecule has 0 fully saturated rings. The molecule has 0 radical (unpaired) electrons. The summed E-state index contributed by atoms with van der Waals surface area (Å²) >= 11 is 6.29. The van der Waals surface area contributed by atoms with Gasteiger partial charge in [0.1, 0.15) is 0 Å². The van der Waals surface area contributed by atoms with E-state index in [2.05, 4.69) is 32.4 Å². The molecule has 2 nitrogen and oxygen atoms in total. The number of nitrogens with zero attached hydrogens (tertiary/aromatic N) is 2. The smallest absolute Gasteiger partial charge is 0.0671 e. The summed E-state index contributed by atoms with van der Waals surface area (Å²) in [5.74, 6) is 0.714. The Hall–Kier alpha value is -0.500. The van der Waals surface area contributed by atoms with E-state index in [0.29, 0.717) is 5.92 Å². The van der Waals surface area contributed by atoms with Crippen molar-refractivity contribution in [1.82, 2.24) is 9.78 Å². The fraction of sp³-hybridized carbons (Fsp3) is 0.786. The monoisotopic (exact) mass is 256 g/mol. The second kappa shape index (κ2) is 6.44. The Bertz CT molecular complexity index is 353. The molecule has 1 unspecified atom stereocenters. The molecular formula is C14H25ClN2. The molecule has 0 aliphatic carbocycles. The molecule has 0 bridgehead atoms. The summed E-state index contributed by atoms with van der Waals surface area (Å²) in [5.41, 5.74) is 3.76. The number of alkyl halides is 1. The van der Waals surface area contributed by atoms with E-state index in [9.17, 15) is 0 Å². The lowest BCUT2D eigenvalue weighted by Crippen LogP contribution is -2.07. The van der Waals surface area contributed by atoms with Gasteiger partial charge in [0, 0.05) is 17.8 Å². The van der Waals surface area contributed by atoms with Crippen molar-refractivity contribution in [2.75, 3.05) is 0 Å². The fourth-order valence-electron chi connectivity index (χ4n) is 2.22. The third kappa shape index (κ3) is 3.48. The summed E-state index contributed by atoms with van der Waals surface area (Å²) in [5, 5.41) is 4.79. The van der Waals surface area contributed by atoms with Gasteiger partial charge in [-0.15, -0.1) is 11.6 Å². The van der Waals surface area contributed by atoms with Gasteiger partial charge in [-0.2, -0.15) is 5.10 Å². The van der Waals surface area contributed by atoms with E-state index in [-0.39, 0.29) is 5.38 Å². The summed E-state index contributed by atoms with van der Waals surface area (Å²) in [7, 11) is 0. The van der Waals surface area contributed by atoms with Gasteiger partial charge in [0.25, 0.3) is 0 Å². The van der Waals surface area contributed by atoms with Crippen molar-refractivity contribution in [3.05, 3.63) is 17.0 Å². The highest BCUT2D eigenvalue weighted by molar-refractivity contribution is 6.20. The van der Waals surface area contributed by atoms with Crippen LogP contribution in [-0.4, -0.2) is 9.78 Å². The second-order valence-corrected chi connectivity index (χ2v) is 5.69. The minimum Gasteiger partial charge on any atom is -0.269 e. The quantitative estimate of drug-likeness (QED) is 0.692. The van der Waals surface area contributed by atoms with Crippen molar-refractivity contribution in [3.63, 3.8) is 0 Å². The summed E-state index contributed by atoms with van der Waals surface area (Å²) in [6.45, 7) is 11.9. The van der Waals surface area contributed by atoms with E-state index in [0.717, 1.165) is 19.4 Å². The van der Waals surface area contributed by atoms with Gasteiger partial charge in [-0.1, -0.05) is 27.7 Å². The lowest BCUT2D eigenvalue weighted by molar-refractivity contribution is 0.474. The topological polar surface area (TPSA) is 17.8 Å². The maximum absolute atomic E-state index is 6.29. The van der Waals surface area contributed by atoms with Gasteiger partial charge >= 0.3 is 0 Å². The molecule has 17 heavy (non-hydrogen) atoms. The van der Waals surface area contributed by atoms with Crippen LogP contribution in [0.25, 0.3) is 0 Å². The molecule has 0 N–H and O–H groups in total. The number of halogens is 1. The third-order valence-corrected chi connectivity index (χ3v) is 3.38. The average Bonchev–Trinajstić information content (AvgIpc) is 2.63. The number of aromatic nitrogens is 2. The normalized spacial score (nSPS) is 13.4. The Balaban J connectivity index is 3.04.